The smallest absolute Gasteiger partial charge is 0.322 e. The number of carbonyl (C=O) groups is 1. The summed E-state index contributed by atoms with van der Waals surface area (Å²) in [5.41, 5.74) is 0. The quantitative estimate of drug-likeness (QED) is 0.521. The summed E-state index contributed by atoms with van der Waals surface area (Å²) in [6.45, 7) is 0.440. The van der Waals surface area contributed by atoms with E-state index in [0.29, 0.717) is 31.0 Å². The van der Waals surface area contributed by atoms with Gasteiger partial charge in [-0.2, -0.15) is 4.31 Å². The first kappa shape index (κ1) is 21.9. The number of aromatic nitrogens is 2. The van der Waals surface area contributed by atoms with Crippen LogP contribution in [0.1, 0.15) is 12.8 Å². The Morgan fingerprint density at radius 1 is 1.26 bits per heavy atom. The molecule has 1 saturated heterocycles. The second kappa shape index (κ2) is 9.07. The number of hydrogen-bond acceptors (Lipinski definition) is 8. The Kier molecular flexibility index (Phi) is 6.42. The molecule has 3 heterocycles. The first-order valence-corrected chi connectivity index (χ1v) is 12.5. The first-order valence-electron chi connectivity index (χ1n) is 9.41. The van der Waals surface area contributed by atoms with E-state index in [-0.39, 0.29) is 23.4 Å². The summed E-state index contributed by atoms with van der Waals surface area (Å²) < 4.78 is 38.8. The molecule has 164 valence electrons. The summed E-state index contributed by atoms with van der Waals surface area (Å²) >= 11 is 4.80. The van der Waals surface area contributed by atoms with Gasteiger partial charge < -0.3 is 9.15 Å². The van der Waals surface area contributed by atoms with Crippen LogP contribution in [0.2, 0.25) is 0 Å². The molecule has 1 unspecified atom stereocenters. The number of hydrogen-bond donors (Lipinski definition) is 1. The van der Waals surface area contributed by atoms with E-state index in [1.807, 2.05) is 12.1 Å². The van der Waals surface area contributed by atoms with Gasteiger partial charge in [0.15, 0.2) is 0 Å². The second-order valence-electron chi connectivity index (χ2n) is 6.88. The van der Waals surface area contributed by atoms with Crippen LogP contribution in [0.3, 0.4) is 0 Å². The van der Waals surface area contributed by atoms with Crippen LogP contribution in [-0.2, 0) is 14.8 Å². The Bertz CT molecular complexity index is 1180. The Labute approximate surface area is 191 Å². The van der Waals surface area contributed by atoms with Gasteiger partial charge in [-0.05, 0) is 65.2 Å². The van der Waals surface area contributed by atoms with Crippen molar-refractivity contribution in [3.63, 3.8) is 0 Å². The van der Waals surface area contributed by atoms with Gasteiger partial charge in [0.1, 0.15) is 5.75 Å². The third-order valence-electron chi connectivity index (χ3n) is 4.89. The summed E-state index contributed by atoms with van der Waals surface area (Å²) in [6.07, 6.45) is 1.14. The SMILES string of the molecule is COc1ccc(S(=O)(=O)N2CCCC(C(=O)Nc3nnc(-c4ccc(Br)s4)o3)C2)cc1. The number of amides is 1. The summed E-state index contributed by atoms with van der Waals surface area (Å²) in [6, 6.07) is 9.88. The summed E-state index contributed by atoms with van der Waals surface area (Å²) in [4.78, 5) is 13.7. The van der Waals surface area contributed by atoms with Crippen molar-refractivity contribution in [3.05, 3.63) is 40.2 Å². The number of piperidine rings is 1. The van der Waals surface area contributed by atoms with E-state index in [1.165, 1.54) is 34.9 Å². The van der Waals surface area contributed by atoms with Gasteiger partial charge in [-0.25, -0.2) is 8.42 Å². The summed E-state index contributed by atoms with van der Waals surface area (Å²) in [7, 11) is -2.20. The van der Waals surface area contributed by atoms with Gasteiger partial charge in [-0.1, -0.05) is 5.10 Å². The maximum Gasteiger partial charge on any atom is 0.322 e. The zero-order chi connectivity index (χ0) is 22.0. The Morgan fingerprint density at radius 3 is 2.71 bits per heavy atom. The molecule has 1 aliphatic rings. The largest absolute Gasteiger partial charge is 0.497 e. The maximum absolute atomic E-state index is 13.0. The molecule has 1 amide bonds. The standard InChI is InChI=1S/C19H19BrN4O5S2/c1-28-13-4-6-14(7-5-13)31(26,27)24-10-2-3-12(11-24)17(25)21-19-23-22-18(29-19)15-8-9-16(20)30-15/h4-9,12H,2-3,10-11H2,1H3,(H,21,23,25). The highest BCUT2D eigenvalue weighted by Gasteiger charge is 2.34. The van der Waals surface area contributed by atoms with Crippen molar-refractivity contribution in [2.24, 2.45) is 5.92 Å². The van der Waals surface area contributed by atoms with E-state index in [9.17, 15) is 13.2 Å². The van der Waals surface area contributed by atoms with E-state index in [4.69, 9.17) is 9.15 Å². The minimum atomic E-state index is -3.71. The van der Waals surface area contributed by atoms with Crippen LogP contribution in [0.15, 0.2) is 49.5 Å². The molecule has 0 spiro atoms. The summed E-state index contributed by atoms with van der Waals surface area (Å²) in [5, 5.41) is 10.4. The van der Waals surface area contributed by atoms with Crippen molar-refractivity contribution in [1.82, 2.24) is 14.5 Å². The zero-order valence-electron chi connectivity index (χ0n) is 16.4. The number of benzene rings is 1. The number of nitrogens with zero attached hydrogens (tertiary/aromatic N) is 3. The Morgan fingerprint density at radius 2 is 2.03 bits per heavy atom. The lowest BCUT2D eigenvalue weighted by Crippen LogP contribution is -2.43. The molecular weight excluding hydrogens is 508 g/mol. The molecule has 4 rings (SSSR count). The van der Waals surface area contributed by atoms with E-state index >= 15 is 0 Å². The van der Waals surface area contributed by atoms with E-state index < -0.39 is 15.9 Å². The van der Waals surface area contributed by atoms with Crippen LogP contribution >= 0.6 is 27.3 Å². The van der Waals surface area contributed by atoms with Crippen molar-refractivity contribution >= 4 is 49.2 Å². The van der Waals surface area contributed by atoms with Gasteiger partial charge in [0.05, 0.1) is 26.6 Å². The van der Waals surface area contributed by atoms with Crippen LogP contribution in [0.25, 0.3) is 10.8 Å². The van der Waals surface area contributed by atoms with Gasteiger partial charge in [-0.3, -0.25) is 10.1 Å². The number of sulfonamides is 1. The first-order chi connectivity index (χ1) is 14.9. The van der Waals surface area contributed by atoms with Gasteiger partial charge in [0.2, 0.25) is 15.9 Å². The number of ether oxygens (including phenoxy) is 1. The van der Waals surface area contributed by atoms with Crippen LogP contribution in [0.4, 0.5) is 6.01 Å². The van der Waals surface area contributed by atoms with Crippen LogP contribution in [-0.4, -0.2) is 49.0 Å². The van der Waals surface area contributed by atoms with Crippen molar-refractivity contribution in [2.75, 3.05) is 25.5 Å². The van der Waals surface area contributed by atoms with Gasteiger partial charge in [0.25, 0.3) is 5.89 Å². The second-order valence-corrected chi connectivity index (χ2v) is 11.3. The molecule has 9 nitrogen and oxygen atoms in total. The molecule has 31 heavy (non-hydrogen) atoms. The third-order valence-corrected chi connectivity index (χ3v) is 8.38. The molecule has 1 aromatic carbocycles. The number of halogens is 1. The number of nitrogens with one attached hydrogen (secondary N) is 1. The molecule has 1 fully saturated rings. The van der Waals surface area contributed by atoms with Crippen LogP contribution < -0.4 is 10.1 Å². The summed E-state index contributed by atoms with van der Waals surface area (Å²) in [5.74, 6) is 0.00670. The highest BCUT2D eigenvalue weighted by Crippen LogP contribution is 2.31. The topological polar surface area (TPSA) is 115 Å². The number of carbonyl (C=O) groups excluding carboxylic acids is 1. The van der Waals surface area contributed by atoms with Gasteiger partial charge in [-0.15, -0.1) is 16.4 Å². The van der Waals surface area contributed by atoms with E-state index in [0.717, 1.165) is 8.66 Å². The molecule has 0 aliphatic carbocycles. The Balaban J connectivity index is 1.43. The molecule has 1 atom stereocenters. The molecule has 0 bridgehead atoms. The van der Waals surface area contributed by atoms with Gasteiger partial charge >= 0.3 is 6.01 Å². The average molecular weight is 527 g/mol. The monoisotopic (exact) mass is 526 g/mol. The fraction of sp³-hybridized carbons (Fsp3) is 0.316. The van der Waals surface area contributed by atoms with Gasteiger partial charge in [0, 0.05) is 13.1 Å². The molecular formula is C19H19BrN4O5S2. The average Bonchev–Trinajstić information content (AvgIpc) is 3.42. The lowest BCUT2D eigenvalue weighted by molar-refractivity contribution is -0.121. The highest BCUT2D eigenvalue weighted by molar-refractivity contribution is 9.11. The highest BCUT2D eigenvalue weighted by atomic mass is 79.9. The lowest BCUT2D eigenvalue weighted by atomic mass is 9.99. The van der Waals surface area contributed by atoms with Crippen LogP contribution in [0, 0.1) is 5.92 Å². The molecule has 3 aromatic rings. The molecule has 2 aromatic heterocycles. The van der Waals surface area contributed by atoms with Crippen LogP contribution in [0.5, 0.6) is 5.75 Å². The molecule has 0 radical (unpaired) electrons. The van der Waals surface area contributed by atoms with Crippen molar-refractivity contribution < 1.29 is 22.4 Å². The predicted molar refractivity (Wildman–Crippen MR) is 118 cm³/mol. The molecule has 1 N–H and O–H groups in total. The predicted octanol–water partition coefficient (Wildman–Crippen LogP) is 3.61. The van der Waals surface area contributed by atoms with Crippen molar-refractivity contribution in [2.45, 2.75) is 17.7 Å². The number of thiophene rings is 1. The Hall–Kier alpha value is -2.28. The number of anilines is 1. The van der Waals surface area contributed by atoms with Crippen molar-refractivity contribution in [1.29, 1.82) is 0 Å². The number of methoxy groups -OCH3 is 1. The normalized spacial score (nSPS) is 17.4. The minimum absolute atomic E-state index is 0.0142. The number of rotatable bonds is 6. The fourth-order valence-corrected chi connectivity index (χ4v) is 6.11. The van der Waals surface area contributed by atoms with E-state index in [1.54, 1.807) is 12.1 Å². The zero-order valence-corrected chi connectivity index (χ0v) is 19.7. The molecule has 12 heteroatoms. The lowest BCUT2D eigenvalue weighted by Gasteiger charge is -2.30. The maximum atomic E-state index is 13.0. The minimum Gasteiger partial charge on any atom is -0.497 e. The molecule has 1 aliphatic heterocycles. The van der Waals surface area contributed by atoms with Crippen molar-refractivity contribution in [3.8, 4) is 16.5 Å². The molecule has 0 saturated carbocycles. The van der Waals surface area contributed by atoms with E-state index in [2.05, 4.69) is 31.4 Å². The third kappa shape index (κ3) is 4.81. The fourth-order valence-electron chi connectivity index (χ4n) is 3.28.